The fourth-order valence-electron chi connectivity index (χ4n) is 8.98. The van der Waals surface area contributed by atoms with Crippen molar-refractivity contribution in [1.29, 1.82) is 5.26 Å². The molecule has 4 heteroatoms. The number of fused-ring (bicyclic) bond motifs is 5. The van der Waals surface area contributed by atoms with Crippen LogP contribution in [0.25, 0.3) is 11.1 Å². The van der Waals surface area contributed by atoms with E-state index in [0.717, 1.165) is 43.2 Å². The Bertz CT molecular complexity index is 1460. The molecule has 4 unspecified atom stereocenters. The van der Waals surface area contributed by atoms with E-state index < -0.39 is 11.4 Å². The van der Waals surface area contributed by atoms with Crippen LogP contribution in [0.4, 0.5) is 0 Å². The Morgan fingerprint density at radius 3 is 2.35 bits per heavy atom. The van der Waals surface area contributed by atoms with Gasteiger partial charge in [-0.2, -0.15) is 5.26 Å². The highest BCUT2D eigenvalue weighted by Crippen LogP contribution is 2.66. The van der Waals surface area contributed by atoms with Gasteiger partial charge in [0.2, 0.25) is 0 Å². The van der Waals surface area contributed by atoms with E-state index >= 15 is 0 Å². The summed E-state index contributed by atoms with van der Waals surface area (Å²) >= 11 is 0. The van der Waals surface area contributed by atoms with Crippen LogP contribution >= 0.6 is 0 Å². The summed E-state index contributed by atoms with van der Waals surface area (Å²) in [6.07, 6.45) is 11.6. The van der Waals surface area contributed by atoms with Crippen LogP contribution in [0.5, 0.6) is 0 Å². The van der Waals surface area contributed by atoms with Gasteiger partial charge in [-0.05, 0) is 90.7 Å². The van der Waals surface area contributed by atoms with Crippen molar-refractivity contribution in [3.63, 3.8) is 0 Å². The summed E-state index contributed by atoms with van der Waals surface area (Å²) in [5.41, 5.74) is 4.36. The quantitative estimate of drug-likeness (QED) is 0.343. The molecule has 1 heterocycles. The molecule has 0 aromatic heterocycles. The van der Waals surface area contributed by atoms with Crippen molar-refractivity contribution < 1.29 is 14.6 Å². The van der Waals surface area contributed by atoms with Crippen molar-refractivity contribution >= 4 is 0 Å². The number of nitrogens with zero attached hydrogens (tertiary/aromatic N) is 1. The van der Waals surface area contributed by atoms with Gasteiger partial charge in [0.05, 0.1) is 24.8 Å². The van der Waals surface area contributed by atoms with Crippen LogP contribution in [0, 0.1) is 52.3 Å². The van der Waals surface area contributed by atoms with E-state index in [0.29, 0.717) is 48.4 Å². The molecule has 2 aromatic carbocycles. The van der Waals surface area contributed by atoms with E-state index in [9.17, 15) is 10.4 Å². The molecule has 3 fully saturated rings. The standard InChI is InChI=1S/C36H37NO3/c1-3-16-35(38)17-15-32-30-13-12-28-21-36(39-19-20-40-36)18-14-29(28)33(30)31(22-34(32,35)2)27-10-8-26(9-11-27)25-6-4-24(23-37)5-7-25/h4-12,15,17,29-33,38H,13-14,18-22H2,1-2H3/t29?,30?,31-,32?,33?,34+,35+/m1/s1. The third-order valence-corrected chi connectivity index (χ3v) is 10.9. The molecule has 2 aromatic rings. The summed E-state index contributed by atoms with van der Waals surface area (Å²) in [5, 5.41) is 21.1. The van der Waals surface area contributed by atoms with Crippen molar-refractivity contribution in [1.82, 2.24) is 0 Å². The van der Waals surface area contributed by atoms with Gasteiger partial charge in [-0.25, -0.2) is 0 Å². The molecule has 7 atom stereocenters. The maximum absolute atomic E-state index is 11.9. The molecular weight excluding hydrogens is 494 g/mol. The lowest BCUT2D eigenvalue weighted by Crippen LogP contribution is -2.55. The van der Waals surface area contributed by atoms with E-state index in [1.165, 1.54) is 11.1 Å². The maximum atomic E-state index is 11.9. The van der Waals surface area contributed by atoms with Crippen LogP contribution in [0.3, 0.4) is 0 Å². The minimum Gasteiger partial charge on any atom is -0.373 e. The van der Waals surface area contributed by atoms with Crippen LogP contribution in [-0.4, -0.2) is 29.7 Å². The predicted octanol–water partition coefficient (Wildman–Crippen LogP) is 6.76. The molecule has 40 heavy (non-hydrogen) atoms. The van der Waals surface area contributed by atoms with E-state index in [2.05, 4.69) is 61.3 Å². The van der Waals surface area contributed by atoms with Gasteiger partial charge in [-0.15, -0.1) is 5.92 Å². The summed E-state index contributed by atoms with van der Waals surface area (Å²) < 4.78 is 12.3. The second-order valence-corrected chi connectivity index (χ2v) is 12.8. The second kappa shape index (κ2) is 9.46. The topological polar surface area (TPSA) is 62.5 Å². The zero-order chi connectivity index (χ0) is 27.5. The van der Waals surface area contributed by atoms with Crippen LogP contribution in [-0.2, 0) is 9.47 Å². The van der Waals surface area contributed by atoms with E-state index in [1.807, 2.05) is 37.3 Å². The largest absolute Gasteiger partial charge is 0.373 e. The summed E-state index contributed by atoms with van der Waals surface area (Å²) in [4.78, 5) is 0. The van der Waals surface area contributed by atoms with Gasteiger partial charge in [0.25, 0.3) is 0 Å². The summed E-state index contributed by atoms with van der Waals surface area (Å²) in [6, 6.07) is 19.1. The Balaban J connectivity index is 1.27. The van der Waals surface area contributed by atoms with E-state index in [4.69, 9.17) is 9.47 Å². The fourth-order valence-corrected chi connectivity index (χ4v) is 8.98. The molecule has 1 saturated heterocycles. The van der Waals surface area contributed by atoms with Gasteiger partial charge in [-0.1, -0.05) is 67.0 Å². The molecule has 1 N–H and O–H groups in total. The van der Waals surface area contributed by atoms with Crippen LogP contribution < -0.4 is 0 Å². The molecule has 5 aliphatic rings. The van der Waals surface area contributed by atoms with Gasteiger partial charge in [0.15, 0.2) is 5.79 Å². The lowest BCUT2D eigenvalue weighted by Gasteiger charge is -2.58. The normalized spacial score (nSPS) is 37.0. The van der Waals surface area contributed by atoms with Gasteiger partial charge < -0.3 is 14.6 Å². The number of hydrogen-bond acceptors (Lipinski definition) is 4. The van der Waals surface area contributed by atoms with Gasteiger partial charge in [0.1, 0.15) is 5.60 Å². The van der Waals surface area contributed by atoms with Crippen molar-refractivity contribution in [3.8, 4) is 29.0 Å². The number of ether oxygens (including phenoxy) is 2. The number of allylic oxidation sites excluding steroid dienone is 2. The van der Waals surface area contributed by atoms with E-state index in [-0.39, 0.29) is 5.41 Å². The van der Waals surface area contributed by atoms with Gasteiger partial charge in [-0.3, -0.25) is 0 Å². The first-order valence-corrected chi connectivity index (χ1v) is 14.8. The Morgan fingerprint density at radius 2 is 1.68 bits per heavy atom. The zero-order valence-corrected chi connectivity index (χ0v) is 23.4. The highest BCUT2D eigenvalue weighted by Gasteiger charge is 2.63. The number of rotatable bonds is 2. The number of hydrogen-bond donors (Lipinski definition) is 1. The van der Waals surface area contributed by atoms with Crippen LogP contribution in [0.2, 0.25) is 0 Å². The van der Waals surface area contributed by atoms with E-state index in [1.54, 1.807) is 0 Å². The molecule has 4 nitrogen and oxygen atoms in total. The molecule has 0 amide bonds. The van der Waals surface area contributed by atoms with Crippen molar-refractivity contribution in [2.24, 2.45) is 29.1 Å². The van der Waals surface area contributed by atoms with Gasteiger partial charge >= 0.3 is 0 Å². The summed E-state index contributed by atoms with van der Waals surface area (Å²) in [6.45, 7) is 5.49. The SMILES string of the molecule is CC#C[C@]1(O)C=CC2C3CC=C4CC5(CCC4C3[C@@H](c3ccc(-c4ccc(C#N)cc4)cc3)C[C@@]21C)OCCO5. The fraction of sp³-hybridized carbons (Fsp3) is 0.472. The molecule has 0 bridgehead atoms. The minimum absolute atomic E-state index is 0.296. The average molecular weight is 532 g/mol. The number of benzene rings is 2. The summed E-state index contributed by atoms with van der Waals surface area (Å²) in [5.74, 6) is 7.90. The molecule has 2 saturated carbocycles. The van der Waals surface area contributed by atoms with Crippen molar-refractivity contribution in [2.75, 3.05) is 13.2 Å². The molecule has 7 rings (SSSR count). The molecule has 1 spiro atoms. The minimum atomic E-state index is -1.11. The van der Waals surface area contributed by atoms with Crippen molar-refractivity contribution in [2.45, 2.75) is 63.3 Å². The van der Waals surface area contributed by atoms with Crippen LogP contribution in [0.1, 0.15) is 63.0 Å². The number of nitriles is 1. The smallest absolute Gasteiger partial charge is 0.172 e. The first kappa shape index (κ1) is 25.8. The lowest BCUT2D eigenvalue weighted by atomic mass is 9.46. The highest BCUT2D eigenvalue weighted by molar-refractivity contribution is 5.64. The highest BCUT2D eigenvalue weighted by atomic mass is 16.7. The molecule has 4 aliphatic carbocycles. The van der Waals surface area contributed by atoms with Crippen molar-refractivity contribution in [3.05, 3.63) is 83.5 Å². The maximum Gasteiger partial charge on any atom is 0.172 e. The molecule has 0 radical (unpaired) electrons. The molecule has 1 aliphatic heterocycles. The Kier molecular flexibility index (Phi) is 6.10. The van der Waals surface area contributed by atoms with Gasteiger partial charge in [0, 0.05) is 18.3 Å². The number of aliphatic hydroxyl groups is 1. The zero-order valence-electron chi connectivity index (χ0n) is 23.4. The predicted molar refractivity (Wildman–Crippen MR) is 155 cm³/mol. The second-order valence-electron chi connectivity index (χ2n) is 12.8. The Morgan fingerprint density at radius 1 is 0.975 bits per heavy atom. The average Bonchev–Trinajstić information content (AvgIpc) is 3.54. The monoisotopic (exact) mass is 531 g/mol. The third-order valence-electron chi connectivity index (χ3n) is 10.9. The first-order chi connectivity index (χ1) is 19.4. The molecular formula is C36H37NO3. The van der Waals surface area contributed by atoms with Crippen LogP contribution in [0.15, 0.2) is 72.3 Å². The lowest BCUT2D eigenvalue weighted by molar-refractivity contribution is -0.177. The molecule has 204 valence electrons. The third kappa shape index (κ3) is 3.85. The first-order valence-electron chi connectivity index (χ1n) is 14.8. The Hall–Kier alpha value is -3.15. The Labute approximate surface area is 237 Å². The summed E-state index contributed by atoms with van der Waals surface area (Å²) in [7, 11) is 0.